The molecule has 0 spiro atoms. The van der Waals surface area contributed by atoms with E-state index in [1.807, 2.05) is 38.1 Å². The van der Waals surface area contributed by atoms with Gasteiger partial charge in [0.05, 0.1) is 0 Å². The number of nitrogens with zero attached hydrogens (tertiary/aromatic N) is 1. The molecule has 0 fully saturated rings. The van der Waals surface area contributed by atoms with Gasteiger partial charge in [0, 0.05) is 23.6 Å². The van der Waals surface area contributed by atoms with Gasteiger partial charge in [-0.05, 0) is 25.5 Å². The number of hydrogen-bond acceptors (Lipinski definition) is 2. The molecular weight excluding hydrogens is 252 g/mol. The van der Waals surface area contributed by atoms with E-state index in [0.717, 1.165) is 11.3 Å². The first-order valence-electron chi connectivity index (χ1n) is 7.00. The molecule has 1 N–H and O–H groups in total. The second kappa shape index (κ2) is 5.27. The summed E-state index contributed by atoms with van der Waals surface area (Å²) in [5.74, 6) is -0.115. The van der Waals surface area contributed by atoms with Gasteiger partial charge in [-0.25, -0.2) is 0 Å². The van der Waals surface area contributed by atoms with Crippen molar-refractivity contribution in [3.05, 3.63) is 29.8 Å². The van der Waals surface area contributed by atoms with Gasteiger partial charge >= 0.3 is 0 Å². The van der Waals surface area contributed by atoms with Crippen molar-refractivity contribution in [2.45, 2.75) is 45.6 Å². The number of carbonyl (C=O) groups is 2. The highest BCUT2D eigenvalue weighted by atomic mass is 16.2. The van der Waals surface area contributed by atoms with Crippen LogP contribution in [-0.2, 0) is 15.0 Å². The largest absolute Gasteiger partial charge is 0.352 e. The van der Waals surface area contributed by atoms with Crippen LogP contribution in [0.5, 0.6) is 0 Å². The Bertz CT molecular complexity index is 535. The number of hydrogen-bond donors (Lipinski definition) is 1. The first-order chi connectivity index (χ1) is 9.31. The second-order valence-corrected chi connectivity index (χ2v) is 6.28. The van der Waals surface area contributed by atoms with Gasteiger partial charge in [-0.1, -0.05) is 32.0 Å². The number of benzene rings is 1. The minimum Gasteiger partial charge on any atom is -0.352 e. The first kappa shape index (κ1) is 14.6. The molecule has 0 saturated heterocycles. The highest BCUT2D eigenvalue weighted by Crippen LogP contribution is 2.39. The molecule has 0 unspecified atom stereocenters. The van der Waals surface area contributed by atoms with E-state index in [2.05, 4.69) is 19.2 Å². The van der Waals surface area contributed by atoms with Gasteiger partial charge in [0.25, 0.3) is 0 Å². The van der Waals surface area contributed by atoms with Crippen molar-refractivity contribution in [2.24, 2.45) is 0 Å². The van der Waals surface area contributed by atoms with E-state index in [4.69, 9.17) is 0 Å². The molecule has 4 heteroatoms. The van der Waals surface area contributed by atoms with E-state index in [1.165, 1.54) is 0 Å². The number of nitrogens with one attached hydrogen (secondary N) is 1. The molecule has 0 aliphatic carbocycles. The number of para-hydroxylation sites is 1. The zero-order valence-electron chi connectivity index (χ0n) is 12.6. The molecule has 1 heterocycles. The average Bonchev–Trinajstić information content (AvgIpc) is 2.33. The predicted molar refractivity (Wildman–Crippen MR) is 79.7 cm³/mol. The highest BCUT2D eigenvalue weighted by Gasteiger charge is 2.36. The fourth-order valence-electron chi connectivity index (χ4n) is 2.67. The van der Waals surface area contributed by atoms with Crippen molar-refractivity contribution >= 4 is 17.5 Å². The third kappa shape index (κ3) is 2.84. The number of carbonyl (C=O) groups excluding carboxylic acids is 2. The lowest BCUT2D eigenvalue weighted by atomic mass is 9.77. The first-order valence-corrected chi connectivity index (χ1v) is 7.00. The Morgan fingerprint density at radius 1 is 1.35 bits per heavy atom. The van der Waals surface area contributed by atoms with Crippen molar-refractivity contribution < 1.29 is 9.59 Å². The van der Waals surface area contributed by atoms with Crippen LogP contribution in [-0.4, -0.2) is 24.4 Å². The van der Waals surface area contributed by atoms with E-state index in [-0.39, 0.29) is 29.8 Å². The molecule has 0 saturated carbocycles. The van der Waals surface area contributed by atoms with Crippen molar-refractivity contribution in [3.8, 4) is 0 Å². The summed E-state index contributed by atoms with van der Waals surface area (Å²) in [6, 6.07) is 7.91. The Morgan fingerprint density at radius 2 is 2.00 bits per heavy atom. The average molecular weight is 274 g/mol. The second-order valence-electron chi connectivity index (χ2n) is 6.28. The summed E-state index contributed by atoms with van der Waals surface area (Å²) in [6.07, 6.45) is 0.430. The van der Waals surface area contributed by atoms with Gasteiger partial charge in [-0.2, -0.15) is 0 Å². The summed E-state index contributed by atoms with van der Waals surface area (Å²) >= 11 is 0. The zero-order valence-corrected chi connectivity index (χ0v) is 12.6. The quantitative estimate of drug-likeness (QED) is 0.919. The maximum Gasteiger partial charge on any atom is 0.240 e. The summed E-state index contributed by atoms with van der Waals surface area (Å²) in [5, 5.41) is 2.83. The van der Waals surface area contributed by atoms with Gasteiger partial charge < -0.3 is 10.2 Å². The smallest absolute Gasteiger partial charge is 0.240 e. The standard InChI is InChI=1S/C16H22N2O2/c1-11(2)17-14(19)10-18-13-8-6-5-7-12(13)16(3,4)9-15(18)20/h5-8,11H,9-10H2,1-4H3,(H,17,19). The van der Waals surface area contributed by atoms with E-state index in [0.29, 0.717) is 6.42 Å². The van der Waals surface area contributed by atoms with Crippen LogP contribution in [0.25, 0.3) is 0 Å². The van der Waals surface area contributed by atoms with Crippen LogP contribution in [0.3, 0.4) is 0 Å². The zero-order chi connectivity index (χ0) is 14.9. The van der Waals surface area contributed by atoms with Gasteiger partial charge in [0.1, 0.15) is 6.54 Å². The van der Waals surface area contributed by atoms with Crippen molar-refractivity contribution in [3.63, 3.8) is 0 Å². The molecule has 1 aliphatic heterocycles. The van der Waals surface area contributed by atoms with Crippen molar-refractivity contribution in [1.82, 2.24) is 5.32 Å². The maximum absolute atomic E-state index is 12.3. The van der Waals surface area contributed by atoms with Crippen molar-refractivity contribution in [1.29, 1.82) is 0 Å². The fourth-order valence-corrected chi connectivity index (χ4v) is 2.67. The van der Waals surface area contributed by atoms with Gasteiger partial charge in [0.15, 0.2) is 0 Å². The van der Waals surface area contributed by atoms with E-state index in [9.17, 15) is 9.59 Å². The summed E-state index contributed by atoms with van der Waals surface area (Å²) in [7, 11) is 0. The van der Waals surface area contributed by atoms with Crippen LogP contribution >= 0.6 is 0 Å². The third-order valence-corrected chi connectivity index (χ3v) is 3.57. The third-order valence-electron chi connectivity index (χ3n) is 3.57. The molecule has 20 heavy (non-hydrogen) atoms. The van der Waals surface area contributed by atoms with Crippen molar-refractivity contribution in [2.75, 3.05) is 11.4 Å². The molecule has 0 bridgehead atoms. The molecule has 2 rings (SSSR count). The van der Waals surface area contributed by atoms with E-state index < -0.39 is 0 Å². The molecule has 0 aromatic heterocycles. The van der Waals surface area contributed by atoms with Gasteiger partial charge in [-0.15, -0.1) is 0 Å². The van der Waals surface area contributed by atoms with Crippen LogP contribution in [0.15, 0.2) is 24.3 Å². The molecule has 0 atom stereocenters. The number of rotatable bonds is 3. The number of anilines is 1. The normalized spacial score (nSPS) is 17.1. The molecule has 2 amide bonds. The summed E-state index contributed by atoms with van der Waals surface area (Å²) in [5.41, 5.74) is 1.79. The lowest BCUT2D eigenvalue weighted by Gasteiger charge is -2.38. The van der Waals surface area contributed by atoms with Gasteiger partial charge in [-0.3, -0.25) is 9.59 Å². The minimum absolute atomic E-state index is 0.00704. The highest BCUT2D eigenvalue weighted by molar-refractivity contribution is 6.02. The van der Waals surface area contributed by atoms with Crippen LogP contribution in [0.1, 0.15) is 39.7 Å². The lowest BCUT2D eigenvalue weighted by molar-refractivity contribution is -0.125. The monoisotopic (exact) mass is 274 g/mol. The lowest BCUT2D eigenvalue weighted by Crippen LogP contribution is -2.47. The molecule has 4 nitrogen and oxygen atoms in total. The van der Waals surface area contributed by atoms with Crippen LogP contribution in [0, 0.1) is 0 Å². The van der Waals surface area contributed by atoms with Gasteiger partial charge in [0.2, 0.25) is 11.8 Å². The fraction of sp³-hybridized carbons (Fsp3) is 0.500. The number of amides is 2. The number of fused-ring (bicyclic) bond motifs is 1. The Labute approximate surface area is 120 Å². The Hall–Kier alpha value is -1.84. The van der Waals surface area contributed by atoms with E-state index in [1.54, 1.807) is 4.90 Å². The molecular formula is C16H22N2O2. The maximum atomic E-state index is 12.3. The summed E-state index contributed by atoms with van der Waals surface area (Å²) in [6.45, 7) is 8.04. The summed E-state index contributed by atoms with van der Waals surface area (Å²) in [4.78, 5) is 25.9. The predicted octanol–water partition coefficient (Wildman–Crippen LogP) is 2.23. The van der Waals surface area contributed by atoms with Crippen LogP contribution in [0.2, 0.25) is 0 Å². The van der Waals surface area contributed by atoms with E-state index >= 15 is 0 Å². The molecule has 0 radical (unpaired) electrons. The molecule has 1 aromatic carbocycles. The van der Waals surface area contributed by atoms with Crippen LogP contribution < -0.4 is 10.2 Å². The minimum atomic E-state index is -0.182. The topological polar surface area (TPSA) is 49.4 Å². The molecule has 1 aromatic rings. The SMILES string of the molecule is CC(C)NC(=O)CN1C(=O)CC(C)(C)c2ccccc21. The Balaban J connectivity index is 2.30. The molecule has 108 valence electrons. The Kier molecular flexibility index (Phi) is 3.84. The summed E-state index contributed by atoms with van der Waals surface area (Å²) < 4.78 is 0. The molecule has 1 aliphatic rings. The van der Waals surface area contributed by atoms with Crippen LogP contribution in [0.4, 0.5) is 5.69 Å². The Morgan fingerprint density at radius 3 is 2.65 bits per heavy atom.